The van der Waals surface area contributed by atoms with Crippen LogP contribution in [-0.4, -0.2) is 17.8 Å². The summed E-state index contributed by atoms with van der Waals surface area (Å²) in [5, 5.41) is 12.6. The molecule has 20 heavy (non-hydrogen) atoms. The lowest BCUT2D eigenvalue weighted by Gasteiger charge is -2.22. The first-order valence-corrected chi connectivity index (χ1v) is 8.92. The summed E-state index contributed by atoms with van der Waals surface area (Å²) in [6.07, 6.45) is 4.21. The molecule has 2 nitrogen and oxygen atoms in total. The number of benzene rings is 1. The molecule has 0 spiro atoms. The van der Waals surface area contributed by atoms with Crippen LogP contribution in [0.1, 0.15) is 39.5 Å². The van der Waals surface area contributed by atoms with E-state index in [1.165, 1.54) is 4.90 Å². The van der Waals surface area contributed by atoms with E-state index in [0.717, 1.165) is 42.5 Å². The van der Waals surface area contributed by atoms with Crippen molar-refractivity contribution in [3.63, 3.8) is 0 Å². The SMILES string of the molecule is CCCNC(C)(C#N)CCCCSc1cccc(Br)c1. The van der Waals surface area contributed by atoms with Crippen molar-refractivity contribution in [3.05, 3.63) is 28.7 Å². The zero-order chi connectivity index (χ0) is 14.8. The summed E-state index contributed by atoms with van der Waals surface area (Å²) >= 11 is 5.36. The molecule has 0 aliphatic heterocycles. The first kappa shape index (κ1) is 17.6. The quantitative estimate of drug-likeness (QED) is 0.501. The lowest BCUT2D eigenvalue weighted by Crippen LogP contribution is -2.41. The normalized spacial score (nSPS) is 13.7. The fraction of sp³-hybridized carbons (Fsp3) is 0.562. The van der Waals surface area contributed by atoms with Gasteiger partial charge in [-0.3, -0.25) is 5.32 Å². The number of nitrogens with one attached hydrogen (secondary N) is 1. The summed E-state index contributed by atoms with van der Waals surface area (Å²) in [7, 11) is 0. The van der Waals surface area contributed by atoms with E-state index < -0.39 is 0 Å². The Morgan fingerprint density at radius 3 is 2.85 bits per heavy atom. The zero-order valence-corrected chi connectivity index (χ0v) is 14.7. The van der Waals surface area contributed by atoms with E-state index in [2.05, 4.69) is 52.4 Å². The molecule has 1 aromatic rings. The van der Waals surface area contributed by atoms with Crippen LogP contribution in [0.2, 0.25) is 0 Å². The molecule has 0 saturated heterocycles. The molecule has 1 atom stereocenters. The molecular weight excluding hydrogens is 332 g/mol. The second kappa shape index (κ2) is 9.44. The van der Waals surface area contributed by atoms with Gasteiger partial charge in [-0.1, -0.05) is 28.9 Å². The molecule has 1 N–H and O–H groups in total. The fourth-order valence-electron chi connectivity index (χ4n) is 1.91. The highest BCUT2D eigenvalue weighted by atomic mass is 79.9. The van der Waals surface area contributed by atoms with Crippen LogP contribution in [0, 0.1) is 11.3 Å². The fourth-order valence-corrected chi connectivity index (χ4v) is 3.43. The Bertz CT molecular complexity index is 444. The summed E-state index contributed by atoms with van der Waals surface area (Å²) in [5.74, 6) is 1.10. The van der Waals surface area contributed by atoms with Crippen LogP contribution in [0.4, 0.5) is 0 Å². The van der Waals surface area contributed by atoms with Crippen molar-refractivity contribution in [2.45, 2.75) is 50.0 Å². The van der Waals surface area contributed by atoms with Crippen molar-refractivity contribution < 1.29 is 0 Å². The van der Waals surface area contributed by atoms with Gasteiger partial charge >= 0.3 is 0 Å². The molecule has 1 unspecified atom stereocenters. The molecule has 0 fully saturated rings. The van der Waals surface area contributed by atoms with E-state index >= 15 is 0 Å². The Morgan fingerprint density at radius 1 is 1.40 bits per heavy atom. The van der Waals surface area contributed by atoms with Crippen LogP contribution in [0.3, 0.4) is 0 Å². The highest BCUT2D eigenvalue weighted by molar-refractivity contribution is 9.10. The number of nitrogens with zero attached hydrogens (tertiary/aromatic N) is 1. The molecular formula is C16H23BrN2S. The van der Waals surface area contributed by atoms with Gasteiger partial charge in [0, 0.05) is 9.37 Å². The van der Waals surface area contributed by atoms with Crippen molar-refractivity contribution in [1.82, 2.24) is 5.32 Å². The van der Waals surface area contributed by atoms with E-state index in [1.807, 2.05) is 24.8 Å². The highest BCUT2D eigenvalue weighted by Crippen LogP contribution is 2.23. The van der Waals surface area contributed by atoms with Gasteiger partial charge in [-0.15, -0.1) is 11.8 Å². The molecule has 0 heterocycles. The Hall–Kier alpha value is -0.500. The van der Waals surface area contributed by atoms with Crippen LogP contribution < -0.4 is 5.32 Å². The number of nitriles is 1. The maximum Gasteiger partial charge on any atom is 0.103 e. The molecule has 1 aromatic carbocycles. The smallest absolute Gasteiger partial charge is 0.103 e. The van der Waals surface area contributed by atoms with Gasteiger partial charge in [-0.25, -0.2) is 0 Å². The van der Waals surface area contributed by atoms with E-state index in [1.54, 1.807) is 0 Å². The summed E-state index contributed by atoms with van der Waals surface area (Å²) in [6, 6.07) is 10.8. The average molecular weight is 355 g/mol. The first-order valence-electron chi connectivity index (χ1n) is 7.14. The number of hydrogen-bond donors (Lipinski definition) is 1. The van der Waals surface area contributed by atoms with Crippen LogP contribution in [0.5, 0.6) is 0 Å². The Balaban J connectivity index is 2.22. The molecule has 0 amide bonds. The van der Waals surface area contributed by atoms with Gasteiger partial charge < -0.3 is 0 Å². The lowest BCUT2D eigenvalue weighted by molar-refractivity contribution is 0.406. The predicted octanol–water partition coefficient (Wildman–Crippen LogP) is 4.99. The van der Waals surface area contributed by atoms with E-state index in [0.29, 0.717) is 0 Å². The van der Waals surface area contributed by atoms with Crippen molar-refractivity contribution in [2.75, 3.05) is 12.3 Å². The summed E-state index contributed by atoms with van der Waals surface area (Å²) in [6.45, 7) is 5.04. The summed E-state index contributed by atoms with van der Waals surface area (Å²) in [5.41, 5.74) is -0.365. The average Bonchev–Trinajstić information content (AvgIpc) is 2.45. The van der Waals surface area contributed by atoms with Crippen molar-refractivity contribution in [3.8, 4) is 6.07 Å². The standard InChI is InChI=1S/C16H23BrN2S/c1-3-10-19-16(2,13-18)9-4-5-11-20-15-8-6-7-14(17)12-15/h6-8,12,19H,3-5,9-11H2,1-2H3. The molecule has 0 aromatic heterocycles. The van der Waals surface area contributed by atoms with E-state index in [9.17, 15) is 5.26 Å². The molecule has 0 aliphatic rings. The number of rotatable bonds is 9. The lowest BCUT2D eigenvalue weighted by atomic mass is 9.96. The van der Waals surface area contributed by atoms with Crippen LogP contribution in [0.25, 0.3) is 0 Å². The van der Waals surface area contributed by atoms with E-state index in [4.69, 9.17) is 0 Å². The minimum absolute atomic E-state index is 0.365. The van der Waals surface area contributed by atoms with Crippen molar-refractivity contribution in [1.29, 1.82) is 5.26 Å². The second-order valence-corrected chi connectivity index (χ2v) is 7.22. The second-order valence-electron chi connectivity index (χ2n) is 5.13. The Morgan fingerprint density at radius 2 is 2.20 bits per heavy atom. The molecule has 4 heteroatoms. The first-order chi connectivity index (χ1) is 9.59. The van der Waals surface area contributed by atoms with Crippen LogP contribution >= 0.6 is 27.7 Å². The largest absolute Gasteiger partial charge is 0.300 e. The molecule has 0 aliphatic carbocycles. The molecule has 0 radical (unpaired) electrons. The molecule has 0 saturated carbocycles. The van der Waals surface area contributed by atoms with Crippen LogP contribution in [-0.2, 0) is 0 Å². The van der Waals surface area contributed by atoms with E-state index in [-0.39, 0.29) is 5.54 Å². The summed E-state index contributed by atoms with van der Waals surface area (Å²) in [4.78, 5) is 1.30. The maximum atomic E-state index is 9.25. The van der Waals surface area contributed by atoms with Gasteiger partial charge in [0.2, 0.25) is 0 Å². The third kappa shape index (κ3) is 6.78. The number of hydrogen-bond acceptors (Lipinski definition) is 3. The number of unbranched alkanes of at least 4 members (excludes halogenated alkanes) is 1. The number of halogens is 1. The Labute approximate surface area is 135 Å². The van der Waals surface area contributed by atoms with Crippen molar-refractivity contribution >= 4 is 27.7 Å². The topological polar surface area (TPSA) is 35.8 Å². The van der Waals surface area contributed by atoms with Gasteiger partial charge in [-0.05, 0) is 63.1 Å². The van der Waals surface area contributed by atoms with Crippen molar-refractivity contribution in [2.24, 2.45) is 0 Å². The van der Waals surface area contributed by atoms with Gasteiger partial charge in [0.05, 0.1) is 6.07 Å². The highest BCUT2D eigenvalue weighted by Gasteiger charge is 2.21. The zero-order valence-electron chi connectivity index (χ0n) is 12.3. The molecule has 110 valence electrons. The maximum absolute atomic E-state index is 9.25. The van der Waals surface area contributed by atoms with Gasteiger partial charge in [0.25, 0.3) is 0 Å². The molecule has 0 bridgehead atoms. The third-order valence-corrected chi connectivity index (χ3v) is 4.72. The minimum atomic E-state index is -0.365. The van der Waals surface area contributed by atoms with Crippen LogP contribution in [0.15, 0.2) is 33.6 Å². The van der Waals surface area contributed by atoms with Gasteiger partial charge in [-0.2, -0.15) is 5.26 Å². The van der Waals surface area contributed by atoms with Gasteiger partial charge in [0.15, 0.2) is 0 Å². The molecule has 1 rings (SSSR count). The van der Waals surface area contributed by atoms with Gasteiger partial charge in [0.1, 0.15) is 5.54 Å². The third-order valence-electron chi connectivity index (χ3n) is 3.15. The predicted molar refractivity (Wildman–Crippen MR) is 91.0 cm³/mol. The minimum Gasteiger partial charge on any atom is -0.300 e. The Kier molecular flexibility index (Phi) is 8.28. The monoisotopic (exact) mass is 354 g/mol. The number of thioether (sulfide) groups is 1. The summed E-state index contributed by atoms with van der Waals surface area (Å²) < 4.78 is 1.13.